The van der Waals surface area contributed by atoms with Gasteiger partial charge in [-0.2, -0.15) is 0 Å². The predicted molar refractivity (Wildman–Crippen MR) is 85.4 cm³/mol. The van der Waals surface area contributed by atoms with Crippen LogP contribution in [-0.2, 0) is 12.5 Å². The van der Waals surface area contributed by atoms with E-state index in [1.807, 2.05) is 7.05 Å². The van der Waals surface area contributed by atoms with Gasteiger partial charge in [-0.25, -0.2) is 4.68 Å². The van der Waals surface area contributed by atoms with Crippen molar-refractivity contribution in [3.63, 3.8) is 0 Å². The smallest absolute Gasteiger partial charge is 0.153 e. The van der Waals surface area contributed by atoms with Crippen molar-refractivity contribution in [3.8, 4) is 0 Å². The molecule has 1 atom stereocenters. The van der Waals surface area contributed by atoms with Crippen LogP contribution in [0.3, 0.4) is 0 Å². The Morgan fingerprint density at radius 3 is 2.48 bits per heavy atom. The van der Waals surface area contributed by atoms with E-state index in [-0.39, 0.29) is 11.5 Å². The molecular formula is C15H20BrN5. The van der Waals surface area contributed by atoms with Crippen molar-refractivity contribution in [1.82, 2.24) is 20.4 Å². The number of nitrogens with one attached hydrogen (secondary N) is 1. The first-order valence-corrected chi connectivity index (χ1v) is 8.05. The van der Waals surface area contributed by atoms with Gasteiger partial charge < -0.3 is 0 Å². The predicted octanol–water partition coefficient (Wildman–Crippen LogP) is 2.59. The van der Waals surface area contributed by atoms with E-state index < -0.39 is 0 Å². The average molecular weight is 350 g/mol. The lowest BCUT2D eigenvalue weighted by molar-refractivity contribution is 0.290. The van der Waals surface area contributed by atoms with Crippen molar-refractivity contribution in [2.45, 2.75) is 37.1 Å². The number of halogens is 1. The minimum absolute atomic E-state index is 0.00595. The van der Waals surface area contributed by atoms with Gasteiger partial charge in [0.1, 0.15) is 0 Å². The van der Waals surface area contributed by atoms with Crippen LogP contribution >= 0.6 is 15.9 Å². The summed E-state index contributed by atoms with van der Waals surface area (Å²) in [5.74, 6) is 5.96. The third kappa shape index (κ3) is 2.41. The molecule has 1 aliphatic rings. The van der Waals surface area contributed by atoms with E-state index in [1.165, 1.54) is 18.4 Å². The summed E-state index contributed by atoms with van der Waals surface area (Å²) in [6.07, 6.45) is 4.67. The van der Waals surface area contributed by atoms with Crippen LogP contribution in [0.1, 0.15) is 43.0 Å². The molecule has 3 rings (SSSR count). The largest absolute Gasteiger partial charge is 0.271 e. The van der Waals surface area contributed by atoms with Gasteiger partial charge in [-0.1, -0.05) is 48.4 Å². The Kier molecular flexibility index (Phi) is 4.10. The lowest BCUT2D eigenvalue weighted by Crippen LogP contribution is -2.44. The highest BCUT2D eigenvalue weighted by molar-refractivity contribution is 9.10. The van der Waals surface area contributed by atoms with E-state index in [0.29, 0.717) is 0 Å². The van der Waals surface area contributed by atoms with Gasteiger partial charge in [-0.3, -0.25) is 11.3 Å². The minimum atomic E-state index is -0.0169. The van der Waals surface area contributed by atoms with Gasteiger partial charge in [0.05, 0.1) is 11.7 Å². The van der Waals surface area contributed by atoms with Gasteiger partial charge in [0.2, 0.25) is 0 Å². The van der Waals surface area contributed by atoms with E-state index in [4.69, 9.17) is 5.84 Å². The maximum absolute atomic E-state index is 5.96. The Hall–Kier alpha value is -1.24. The van der Waals surface area contributed by atoms with E-state index in [2.05, 4.69) is 62.0 Å². The molecule has 6 heteroatoms. The van der Waals surface area contributed by atoms with Crippen LogP contribution in [0.5, 0.6) is 0 Å². The number of hydrogen-bond acceptors (Lipinski definition) is 4. The van der Waals surface area contributed by atoms with Crippen molar-refractivity contribution < 1.29 is 0 Å². The summed E-state index contributed by atoms with van der Waals surface area (Å²) in [6, 6.07) is 10.6. The van der Waals surface area contributed by atoms with E-state index >= 15 is 0 Å². The monoisotopic (exact) mass is 349 g/mol. The highest BCUT2D eigenvalue weighted by Crippen LogP contribution is 2.50. The van der Waals surface area contributed by atoms with Gasteiger partial charge in [-0.15, -0.1) is 5.10 Å². The Bertz CT molecular complexity index is 584. The zero-order valence-corrected chi connectivity index (χ0v) is 13.7. The van der Waals surface area contributed by atoms with Crippen molar-refractivity contribution in [1.29, 1.82) is 0 Å². The van der Waals surface area contributed by atoms with Gasteiger partial charge in [-0.05, 0) is 34.3 Å². The summed E-state index contributed by atoms with van der Waals surface area (Å²) in [7, 11) is 1.91. The quantitative estimate of drug-likeness (QED) is 0.657. The molecule has 112 valence electrons. The lowest BCUT2D eigenvalue weighted by atomic mass is 9.72. The molecule has 1 heterocycles. The van der Waals surface area contributed by atoms with Crippen LogP contribution in [-0.4, -0.2) is 15.0 Å². The molecule has 0 radical (unpaired) electrons. The van der Waals surface area contributed by atoms with Crippen LogP contribution < -0.4 is 11.3 Å². The van der Waals surface area contributed by atoms with Crippen LogP contribution in [0.25, 0.3) is 0 Å². The molecule has 1 unspecified atom stereocenters. The standard InChI is InChI=1S/C15H20BrN5/c1-21-12(14(16)19-20-21)13(18-17)15(9-5-6-10-15)11-7-3-2-4-8-11/h2-4,7-8,13,18H,5-6,9-10,17H2,1H3. The van der Waals surface area contributed by atoms with Gasteiger partial charge in [0, 0.05) is 12.5 Å². The molecule has 3 N–H and O–H groups in total. The summed E-state index contributed by atoms with van der Waals surface area (Å²) in [5, 5.41) is 8.22. The van der Waals surface area contributed by atoms with Crippen molar-refractivity contribution in [2.24, 2.45) is 12.9 Å². The number of aromatic nitrogens is 3. The average Bonchev–Trinajstić information content (AvgIpc) is 3.12. The second kappa shape index (κ2) is 5.87. The van der Waals surface area contributed by atoms with Crippen molar-refractivity contribution >= 4 is 15.9 Å². The van der Waals surface area contributed by atoms with E-state index in [9.17, 15) is 0 Å². The summed E-state index contributed by atoms with van der Waals surface area (Å²) < 4.78 is 2.56. The van der Waals surface area contributed by atoms with Crippen LogP contribution in [0.4, 0.5) is 0 Å². The number of benzene rings is 1. The molecule has 2 aromatic rings. The van der Waals surface area contributed by atoms with Crippen LogP contribution in [0.2, 0.25) is 0 Å². The minimum Gasteiger partial charge on any atom is -0.271 e. The molecule has 0 aliphatic heterocycles. The summed E-state index contributed by atoms with van der Waals surface area (Å²) >= 11 is 3.51. The molecule has 5 nitrogen and oxygen atoms in total. The molecule has 1 aromatic heterocycles. The molecular weight excluding hydrogens is 330 g/mol. The first-order chi connectivity index (χ1) is 10.2. The zero-order chi connectivity index (χ0) is 14.9. The molecule has 0 spiro atoms. The zero-order valence-electron chi connectivity index (χ0n) is 12.1. The normalized spacial score (nSPS) is 18.8. The number of rotatable bonds is 4. The van der Waals surface area contributed by atoms with Crippen molar-refractivity contribution in [3.05, 3.63) is 46.2 Å². The van der Waals surface area contributed by atoms with E-state index in [1.54, 1.807) is 4.68 Å². The second-order valence-corrected chi connectivity index (χ2v) is 6.47. The maximum Gasteiger partial charge on any atom is 0.153 e. The summed E-state index contributed by atoms with van der Waals surface area (Å²) in [5.41, 5.74) is 5.37. The molecule has 0 bridgehead atoms. The molecule has 1 aliphatic carbocycles. The first kappa shape index (κ1) is 14.7. The van der Waals surface area contributed by atoms with Gasteiger partial charge >= 0.3 is 0 Å². The number of hydrogen-bond donors (Lipinski definition) is 2. The second-order valence-electron chi connectivity index (χ2n) is 5.72. The highest BCUT2D eigenvalue weighted by atomic mass is 79.9. The van der Waals surface area contributed by atoms with Crippen LogP contribution in [0.15, 0.2) is 34.9 Å². The molecule has 0 amide bonds. The molecule has 1 aromatic carbocycles. The molecule has 0 saturated heterocycles. The number of hydrazine groups is 1. The fourth-order valence-electron chi connectivity index (χ4n) is 3.67. The number of aryl methyl sites for hydroxylation is 1. The fourth-order valence-corrected chi connectivity index (χ4v) is 4.22. The maximum atomic E-state index is 5.96. The first-order valence-electron chi connectivity index (χ1n) is 7.26. The lowest BCUT2D eigenvalue weighted by Gasteiger charge is -2.37. The number of nitrogens with two attached hydrogens (primary N) is 1. The molecule has 1 fully saturated rings. The molecule has 1 saturated carbocycles. The Morgan fingerprint density at radius 2 is 1.95 bits per heavy atom. The third-order valence-corrected chi connectivity index (χ3v) is 5.23. The SMILES string of the molecule is Cn1nnc(Br)c1C(NN)C1(c2ccccc2)CCCC1. The Labute approximate surface area is 133 Å². The third-order valence-electron chi connectivity index (χ3n) is 4.66. The summed E-state index contributed by atoms with van der Waals surface area (Å²) in [4.78, 5) is 0. The summed E-state index contributed by atoms with van der Waals surface area (Å²) in [6.45, 7) is 0. The highest BCUT2D eigenvalue weighted by Gasteiger charge is 2.45. The van der Waals surface area contributed by atoms with Gasteiger partial charge in [0.15, 0.2) is 4.60 Å². The van der Waals surface area contributed by atoms with Crippen molar-refractivity contribution in [2.75, 3.05) is 0 Å². The topological polar surface area (TPSA) is 68.8 Å². The molecule has 21 heavy (non-hydrogen) atoms. The van der Waals surface area contributed by atoms with E-state index in [0.717, 1.165) is 23.1 Å². The fraction of sp³-hybridized carbons (Fsp3) is 0.467. The van der Waals surface area contributed by atoms with Gasteiger partial charge in [0.25, 0.3) is 0 Å². The Morgan fingerprint density at radius 1 is 1.29 bits per heavy atom. The van der Waals surface area contributed by atoms with Crippen LogP contribution in [0, 0.1) is 0 Å². The Balaban J connectivity index is 2.12. The number of nitrogens with zero attached hydrogens (tertiary/aromatic N) is 3.